The molecule has 0 spiro atoms. The Morgan fingerprint density at radius 3 is 2.34 bits per heavy atom. The van der Waals surface area contributed by atoms with Crippen molar-refractivity contribution >= 4 is 29.9 Å². The topological polar surface area (TPSA) is 66.6 Å². The van der Waals surface area contributed by atoms with Crippen LogP contribution in [0, 0.1) is 11.8 Å². The van der Waals surface area contributed by atoms with Crippen LogP contribution < -0.4 is 10.6 Å². The van der Waals surface area contributed by atoms with Crippen LogP contribution in [0.25, 0.3) is 0 Å². The largest absolute Gasteiger partial charge is 0.338 e. The number of para-hydroxylation sites is 1. The molecule has 0 bridgehead atoms. The molecule has 2 aromatic rings. The normalized spacial score (nSPS) is 20.8. The van der Waals surface area contributed by atoms with Gasteiger partial charge in [-0.05, 0) is 43.0 Å². The lowest BCUT2D eigenvalue weighted by molar-refractivity contribution is -0.119. The van der Waals surface area contributed by atoms with Crippen LogP contribution in [0.1, 0.15) is 34.7 Å². The molecule has 1 aliphatic heterocycles. The highest BCUT2D eigenvalue weighted by Gasteiger charge is 2.37. The summed E-state index contributed by atoms with van der Waals surface area (Å²) in [6.07, 6.45) is 1.89. The van der Waals surface area contributed by atoms with Crippen molar-refractivity contribution in [3.63, 3.8) is 0 Å². The zero-order chi connectivity index (χ0) is 19.7. The van der Waals surface area contributed by atoms with E-state index in [1.165, 1.54) is 5.56 Å². The van der Waals surface area contributed by atoms with Crippen LogP contribution in [0.5, 0.6) is 0 Å². The van der Waals surface area contributed by atoms with Gasteiger partial charge in [0, 0.05) is 32.0 Å². The van der Waals surface area contributed by atoms with Crippen LogP contribution in [0.3, 0.4) is 0 Å². The van der Waals surface area contributed by atoms with Gasteiger partial charge in [-0.15, -0.1) is 12.4 Å². The number of hydrogen-bond donors (Lipinski definition) is 1. The first-order chi connectivity index (χ1) is 13.6. The van der Waals surface area contributed by atoms with Crippen molar-refractivity contribution in [2.75, 3.05) is 31.6 Å². The molecule has 1 saturated carbocycles. The van der Waals surface area contributed by atoms with Crippen LogP contribution >= 0.6 is 12.4 Å². The molecule has 0 unspecified atom stereocenters. The summed E-state index contributed by atoms with van der Waals surface area (Å²) in [6, 6.07) is 17.7. The molecule has 2 fully saturated rings. The molecule has 154 valence electrons. The molecular weight excluding hydrogens is 386 g/mol. The molecule has 0 aromatic heterocycles. The number of carbonyl (C=O) groups excluding carboxylic acids is 2. The van der Waals surface area contributed by atoms with Gasteiger partial charge < -0.3 is 15.5 Å². The molecule has 1 saturated heterocycles. The van der Waals surface area contributed by atoms with Crippen LogP contribution in [0.4, 0.5) is 5.69 Å². The number of nitrogens with two attached hydrogens (primary N) is 1. The molecule has 2 N–H and O–H groups in total. The Bertz CT molecular complexity index is 869. The van der Waals surface area contributed by atoms with E-state index in [1.54, 1.807) is 11.9 Å². The van der Waals surface area contributed by atoms with Gasteiger partial charge in [-0.2, -0.15) is 0 Å². The maximum atomic E-state index is 13.4. The van der Waals surface area contributed by atoms with E-state index in [1.807, 2.05) is 47.4 Å². The minimum atomic E-state index is -0.0251. The molecule has 29 heavy (non-hydrogen) atoms. The van der Waals surface area contributed by atoms with Gasteiger partial charge in [0.15, 0.2) is 0 Å². The lowest BCUT2D eigenvalue weighted by Gasteiger charge is -2.23. The summed E-state index contributed by atoms with van der Waals surface area (Å²) in [5.74, 6) is 0.674. The average molecular weight is 414 g/mol. The van der Waals surface area contributed by atoms with Gasteiger partial charge in [0.05, 0.1) is 11.3 Å². The van der Waals surface area contributed by atoms with E-state index in [0.717, 1.165) is 12.8 Å². The maximum Gasteiger partial charge on any atom is 0.256 e. The minimum absolute atomic E-state index is 0. The van der Waals surface area contributed by atoms with E-state index in [9.17, 15) is 9.59 Å². The fourth-order valence-corrected chi connectivity index (χ4v) is 4.19. The number of benzene rings is 2. The van der Waals surface area contributed by atoms with Crippen molar-refractivity contribution < 1.29 is 9.59 Å². The summed E-state index contributed by atoms with van der Waals surface area (Å²) in [4.78, 5) is 29.4. The Kier molecular flexibility index (Phi) is 6.60. The van der Waals surface area contributed by atoms with Gasteiger partial charge in [-0.1, -0.05) is 42.5 Å². The van der Waals surface area contributed by atoms with Crippen LogP contribution in [0.15, 0.2) is 54.6 Å². The fraction of sp³-hybridized carbons (Fsp3) is 0.391. The first kappa shape index (κ1) is 21.3. The van der Waals surface area contributed by atoms with Crippen LogP contribution in [-0.2, 0) is 4.79 Å². The summed E-state index contributed by atoms with van der Waals surface area (Å²) >= 11 is 0. The first-order valence-corrected chi connectivity index (χ1v) is 10.0. The van der Waals surface area contributed by atoms with E-state index < -0.39 is 0 Å². The predicted molar refractivity (Wildman–Crippen MR) is 117 cm³/mol. The number of rotatable bonds is 5. The first-order valence-electron chi connectivity index (χ1n) is 10.0. The maximum absolute atomic E-state index is 13.4. The van der Waals surface area contributed by atoms with E-state index in [4.69, 9.17) is 5.73 Å². The van der Waals surface area contributed by atoms with E-state index in [0.29, 0.717) is 30.9 Å². The standard InChI is InChI=1S/C23H27N3O2.ClH/c1-25(22(27)17-11-12-17)21-10-6-5-9-19(21)23(28)26-14-18(13-24)20(15-26)16-7-3-2-4-8-16;/h2-10,17-18,20H,11-15,24H2,1H3;1H/t18-,20+;/m1./s1. The quantitative estimate of drug-likeness (QED) is 0.817. The van der Waals surface area contributed by atoms with Crippen molar-refractivity contribution in [3.8, 4) is 0 Å². The summed E-state index contributed by atoms with van der Waals surface area (Å²) in [5, 5.41) is 0. The SMILES string of the molecule is CN(C(=O)C1CC1)c1ccccc1C(=O)N1C[C@@H](CN)[C@H](c2ccccc2)C1.Cl. The average Bonchev–Trinajstić information content (AvgIpc) is 3.51. The second-order valence-corrected chi connectivity index (χ2v) is 7.91. The van der Waals surface area contributed by atoms with E-state index in [2.05, 4.69) is 12.1 Å². The Hall–Kier alpha value is -2.37. The molecular formula is C23H28ClN3O2. The van der Waals surface area contributed by atoms with E-state index in [-0.39, 0.29) is 42.0 Å². The Morgan fingerprint density at radius 2 is 1.69 bits per heavy atom. The van der Waals surface area contributed by atoms with Crippen molar-refractivity contribution in [3.05, 3.63) is 65.7 Å². The van der Waals surface area contributed by atoms with Crippen molar-refractivity contribution in [2.24, 2.45) is 17.6 Å². The molecule has 6 heteroatoms. The molecule has 2 aromatic carbocycles. The number of hydrogen-bond acceptors (Lipinski definition) is 3. The highest BCUT2D eigenvalue weighted by molar-refractivity contribution is 6.05. The highest BCUT2D eigenvalue weighted by atomic mass is 35.5. The van der Waals surface area contributed by atoms with Crippen molar-refractivity contribution in [1.82, 2.24) is 4.90 Å². The van der Waals surface area contributed by atoms with E-state index >= 15 is 0 Å². The molecule has 2 aliphatic rings. The smallest absolute Gasteiger partial charge is 0.256 e. The second-order valence-electron chi connectivity index (χ2n) is 7.91. The highest BCUT2D eigenvalue weighted by Crippen LogP contribution is 2.35. The number of amides is 2. The van der Waals surface area contributed by atoms with Crippen molar-refractivity contribution in [2.45, 2.75) is 18.8 Å². The zero-order valence-corrected chi connectivity index (χ0v) is 17.5. The third kappa shape index (κ3) is 4.31. The third-order valence-electron chi connectivity index (χ3n) is 6.01. The summed E-state index contributed by atoms with van der Waals surface area (Å²) in [7, 11) is 1.77. The van der Waals surface area contributed by atoms with Gasteiger partial charge in [0.25, 0.3) is 5.91 Å². The zero-order valence-electron chi connectivity index (χ0n) is 16.7. The fourth-order valence-electron chi connectivity index (χ4n) is 4.19. The summed E-state index contributed by atoms with van der Waals surface area (Å²) in [6.45, 7) is 1.84. The van der Waals surface area contributed by atoms with Crippen LogP contribution in [-0.4, -0.2) is 43.4 Å². The molecule has 1 heterocycles. The summed E-state index contributed by atoms with van der Waals surface area (Å²) < 4.78 is 0. The second kappa shape index (κ2) is 8.97. The van der Waals surface area contributed by atoms with Crippen molar-refractivity contribution in [1.29, 1.82) is 0 Å². The molecule has 2 amide bonds. The number of halogens is 1. The number of likely N-dealkylation sites (tertiary alicyclic amines) is 1. The molecule has 1 aliphatic carbocycles. The van der Waals surface area contributed by atoms with Gasteiger partial charge in [-0.25, -0.2) is 0 Å². The molecule has 5 nitrogen and oxygen atoms in total. The van der Waals surface area contributed by atoms with Gasteiger partial charge in [0.2, 0.25) is 5.91 Å². The summed E-state index contributed by atoms with van der Waals surface area (Å²) in [5.41, 5.74) is 8.53. The number of carbonyl (C=O) groups is 2. The monoisotopic (exact) mass is 413 g/mol. The van der Waals surface area contributed by atoms with Gasteiger partial charge in [0.1, 0.15) is 0 Å². The Morgan fingerprint density at radius 1 is 1.03 bits per heavy atom. The number of anilines is 1. The van der Waals surface area contributed by atoms with Gasteiger partial charge in [-0.3, -0.25) is 9.59 Å². The Balaban J connectivity index is 0.00000240. The lowest BCUT2D eigenvalue weighted by atomic mass is 9.89. The lowest BCUT2D eigenvalue weighted by Crippen LogP contribution is -2.33. The molecule has 4 rings (SSSR count). The van der Waals surface area contributed by atoms with Gasteiger partial charge >= 0.3 is 0 Å². The Labute approximate surface area is 178 Å². The predicted octanol–water partition coefficient (Wildman–Crippen LogP) is 3.30. The van der Waals surface area contributed by atoms with Crippen LogP contribution in [0.2, 0.25) is 0 Å². The third-order valence-corrected chi connectivity index (χ3v) is 6.01. The molecule has 0 radical (unpaired) electrons. The molecule has 2 atom stereocenters. The number of nitrogens with zero attached hydrogens (tertiary/aromatic N) is 2. The minimum Gasteiger partial charge on any atom is -0.338 e.